The van der Waals surface area contributed by atoms with E-state index in [-0.39, 0.29) is 6.61 Å². The Hall–Kier alpha value is -3.27. The van der Waals surface area contributed by atoms with Gasteiger partial charge in [0.15, 0.2) is 18.7 Å². The Kier molecular flexibility index (Phi) is 7.90. The minimum atomic E-state index is -0.891. The number of ether oxygens (including phenoxy) is 6. The van der Waals surface area contributed by atoms with Crippen LogP contribution in [0.25, 0.3) is 0 Å². The maximum absolute atomic E-state index is 12.8. The molecule has 5 rings (SSSR count). The van der Waals surface area contributed by atoms with Crippen molar-refractivity contribution in [2.45, 2.75) is 43.6 Å². The van der Waals surface area contributed by atoms with E-state index in [0.29, 0.717) is 12.3 Å². The molecule has 0 radical (unpaired) electrons. The number of carbonyl (C=O) groups is 1. The lowest BCUT2D eigenvalue weighted by Crippen LogP contribution is -2.64. The van der Waals surface area contributed by atoms with Crippen molar-refractivity contribution in [2.75, 3.05) is 19.0 Å². The van der Waals surface area contributed by atoms with E-state index in [0.717, 1.165) is 11.1 Å². The Morgan fingerprint density at radius 1 is 0.889 bits per heavy atom. The summed E-state index contributed by atoms with van der Waals surface area (Å²) in [6.45, 7) is 0.573. The second kappa shape index (κ2) is 11.6. The molecular weight excluding hydrogens is 462 g/mol. The number of nitrogens with one attached hydrogen (secondary N) is 1. The number of hydrogen-bond donors (Lipinski definition) is 1. The van der Waals surface area contributed by atoms with Gasteiger partial charge in [0.1, 0.15) is 18.3 Å². The van der Waals surface area contributed by atoms with Gasteiger partial charge in [-0.3, -0.25) is 5.32 Å². The van der Waals surface area contributed by atoms with Gasteiger partial charge in [0.05, 0.1) is 13.2 Å². The average molecular weight is 492 g/mol. The number of hydrogen-bond acceptors (Lipinski definition) is 7. The molecule has 2 aliphatic heterocycles. The number of rotatable bonds is 7. The predicted molar refractivity (Wildman–Crippen MR) is 131 cm³/mol. The number of methoxy groups -OCH3 is 1. The monoisotopic (exact) mass is 491 g/mol. The highest BCUT2D eigenvalue weighted by Gasteiger charge is 2.52. The van der Waals surface area contributed by atoms with Gasteiger partial charge in [-0.25, -0.2) is 4.79 Å². The summed E-state index contributed by atoms with van der Waals surface area (Å²) < 4.78 is 36.2. The van der Waals surface area contributed by atoms with Gasteiger partial charge in [-0.2, -0.15) is 0 Å². The van der Waals surface area contributed by atoms with Gasteiger partial charge in [0, 0.05) is 18.4 Å². The smallest absolute Gasteiger partial charge is 0.412 e. The van der Waals surface area contributed by atoms with Crippen molar-refractivity contribution in [2.24, 2.45) is 0 Å². The topological polar surface area (TPSA) is 84.5 Å². The molecule has 188 valence electrons. The maximum atomic E-state index is 12.8. The van der Waals surface area contributed by atoms with Crippen molar-refractivity contribution in [3.8, 4) is 0 Å². The Balaban J connectivity index is 1.38. The Morgan fingerprint density at radius 3 is 2.25 bits per heavy atom. The van der Waals surface area contributed by atoms with Gasteiger partial charge in [-0.05, 0) is 17.7 Å². The van der Waals surface area contributed by atoms with Gasteiger partial charge < -0.3 is 28.4 Å². The fourth-order valence-corrected chi connectivity index (χ4v) is 4.39. The first-order chi connectivity index (χ1) is 17.7. The fourth-order valence-electron chi connectivity index (χ4n) is 4.39. The zero-order chi connectivity index (χ0) is 24.7. The lowest BCUT2D eigenvalue weighted by molar-refractivity contribution is -0.362. The first-order valence-corrected chi connectivity index (χ1v) is 11.9. The molecule has 2 saturated heterocycles. The van der Waals surface area contributed by atoms with Crippen LogP contribution in [-0.4, -0.2) is 50.5 Å². The molecule has 0 spiro atoms. The van der Waals surface area contributed by atoms with Gasteiger partial charge in [0.25, 0.3) is 0 Å². The second-order valence-electron chi connectivity index (χ2n) is 8.58. The van der Waals surface area contributed by atoms with Gasteiger partial charge in [-0.1, -0.05) is 78.9 Å². The van der Waals surface area contributed by atoms with Crippen molar-refractivity contribution >= 4 is 11.8 Å². The normalized spacial score (nSPS) is 27.6. The predicted octanol–water partition coefficient (Wildman–Crippen LogP) is 4.67. The summed E-state index contributed by atoms with van der Waals surface area (Å²) in [7, 11) is 1.50. The van der Waals surface area contributed by atoms with Crippen LogP contribution in [0.5, 0.6) is 0 Å². The van der Waals surface area contributed by atoms with Crippen LogP contribution in [0.15, 0.2) is 91.0 Å². The van der Waals surface area contributed by atoms with Crippen LogP contribution >= 0.6 is 0 Å². The molecular formula is C28H29NO7. The van der Waals surface area contributed by atoms with E-state index < -0.39 is 43.1 Å². The van der Waals surface area contributed by atoms with Gasteiger partial charge in [0.2, 0.25) is 0 Å². The maximum Gasteiger partial charge on any atom is 0.412 e. The van der Waals surface area contributed by atoms with Crippen LogP contribution in [-0.2, 0) is 35.0 Å². The summed E-state index contributed by atoms with van der Waals surface area (Å²) in [4.78, 5) is 12.8. The van der Waals surface area contributed by atoms with E-state index in [2.05, 4.69) is 5.32 Å². The standard InChI is InChI=1S/C28H29NO7/c1-31-27-25(36-28(30)29-21-15-9-4-10-16-21)24(32-17-19-11-5-2-6-12-19)23-22(34-27)18-33-26(35-23)20-13-7-3-8-14-20/h2-16,22-27H,17-18H2,1H3,(H,29,30)/t22-,23-,24+,25-,26?,27+/m1/s1. The molecule has 36 heavy (non-hydrogen) atoms. The first kappa shape index (κ1) is 24.4. The van der Waals surface area contributed by atoms with E-state index in [1.165, 1.54) is 7.11 Å². The molecule has 1 amide bonds. The third kappa shape index (κ3) is 5.75. The van der Waals surface area contributed by atoms with E-state index in [1.54, 1.807) is 12.1 Å². The van der Waals surface area contributed by atoms with Crippen molar-refractivity contribution < 1.29 is 33.2 Å². The summed E-state index contributed by atoms with van der Waals surface area (Å²) >= 11 is 0. The third-order valence-corrected chi connectivity index (χ3v) is 6.14. The third-order valence-electron chi connectivity index (χ3n) is 6.14. The molecule has 0 saturated carbocycles. The SMILES string of the molecule is CO[C@H]1O[C@@H]2COC(c3ccccc3)O[C@H]2[C@H](OCc2ccccc2)[C@H]1OC(=O)Nc1ccccc1. The van der Waals surface area contributed by atoms with Crippen molar-refractivity contribution in [3.05, 3.63) is 102 Å². The highest BCUT2D eigenvalue weighted by molar-refractivity contribution is 5.84. The number of carbonyl (C=O) groups excluding carboxylic acids is 1. The van der Waals surface area contributed by atoms with E-state index in [1.807, 2.05) is 78.9 Å². The Labute approximate surface area is 210 Å². The quantitative estimate of drug-likeness (QED) is 0.514. The largest absolute Gasteiger partial charge is 0.438 e. The molecule has 2 heterocycles. The zero-order valence-electron chi connectivity index (χ0n) is 19.9. The van der Waals surface area contributed by atoms with E-state index >= 15 is 0 Å². The lowest BCUT2D eigenvalue weighted by Gasteiger charge is -2.48. The number of amides is 1. The highest BCUT2D eigenvalue weighted by atomic mass is 16.8. The molecule has 8 heteroatoms. The number of anilines is 1. The molecule has 2 aliphatic rings. The summed E-state index contributed by atoms with van der Waals surface area (Å²) in [5.74, 6) is 0. The zero-order valence-corrected chi connectivity index (χ0v) is 19.9. The van der Waals surface area contributed by atoms with Crippen LogP contribution in [0, 0.1) is 0 Å². The molecule has 1 N–H and O–H groups in total. The number of benzene rings is 3. The van der Waals surface area contributed by atoms with Crippen LogP contribution in [0.3, 0.4) is 0 Å². The van der Waals surface area contributed by atoms with Crippen LogP contribution < -0.4 is 5.32 Å². The average Bonchev–Trinajstić information content (AvgIpc) is 2.93. The van der Waals surface area contributed by atoms with Crippen LogP contribution in [0.1, 0.15) is 17.4 Å². The summed E-state index contributed by atoms with van der Waals surface area (Å²) in [6.07, 6.45) is -4.70. The minimum Gasteiger partial charge on any atom is -0.438 e. The van der Waals surface area contributed by atoms with E-state index in [9.17, 15) is 4.79 Å². The molecule has 3 aromatic carbocycles. The van der Waals surface area contributed by atoms with E-state index in [4.69, 9.17) is 28.4 Å². The van der Waals surface area contributed by atoms with Gasteiger partial charge >= 0.3 is 6.09 Å². The molecule has 0 aromatic heterocycles. The second-order valence-corrected chi connectivity index (χ2v) is 8.58. The molecule has 0 aliphatic carbocycles. The Bertz CT molecular complexity index is 1100. The van der Waals surface area contributed by atoms with Crippen molar-refractivity contribution in [1.82, 2.24) is 0 Å². The summed E-state index contributed by atoms with van der Waals surface area (Å²) in [6, 6.07) is 28.5. The first-order valence-electron chi connectivity index (χ1n) is 11.9. The fraction of sp³-hybridized carbons (Fsp3) is 0.321. The molecule has 6 atom stereocenters. The molecule has 2 fully saturated rings. The van der Waals surface area contributed by atoms with Crippen molar-refractivity contribution in [1.29, 1.82) is 0 Å². The number of para-hydroxylation sites is 1. The number of fused-ring (bicyclic) bond motifs is 1. The summed E-state index contributed by atoms with van der Waals surface area (Å²) in [5.41, 5.74) is 2.47. The molecule has 8 nitrogen and oxygen atoms in total. The summed E-state index contributed by atoms with van der Waals surface area (Å²) in [5, 5.41) is 2.74. The Morgan fingerprint density at radius 2 is 1.56 bits per heavy atom. The lowest BCUT2D eigenvalue weighted by atomic mass is 9.97. The van der Waals surface area contributed by atoms with Crippen molar-refractivity contribution in [3.63, 3.8) is 0 Å². The molecule has 0 bridgehead atoms. The highest BCUT2D eigenvalue weighted by Crippen LogP contribution is 2.37. The minimum absolute atomic E-state index is 0.276. The molecule has 1 unspecified atom stereocenters. The molecule has 3 aromatic rings. The van der Waals surface area contributed by atoms with Gasteiger partial charge in [-0.15, -0.1) is 0 Å². The van der Waals surface area contributed by atoms with Crippen LogP contribution in [0.2, 0.25) is 0 Å². The van der Waals surface area contributed by atoms with Crippen LogP contribution in [0.4, 0.5) is 10.5 Å².